The van der Waals surface area contributed by atoms with Crippen LogP contribution >= 0.6 is 0 Å². The van der Waals surface area contributed by atoms with Crippen LogP contribution in [-0.4, -0.2) is 11.7 Å². The van der Waals surface area contributed by atoms with Crippen LogP contribution < -0.4 is 11.1 Å². The zero-order valence-electron chi connectivity index (χ0n) is 13.1. The highest BCUT2D eigenvalue weighted by atomic mass is 16.3. The van der Waals surface area contributed by atoms with Gasteiger partial charge in [0, 0.05) is 22.5 Å². The first kappa shape index (κ1) is 15.6. The van der Waals surface area contributed by atoms with E-state index in [1.54, 1.807) is 48.5 Å². The van der Waals surface area contributed by atoms with Crippen LogP contribution in [0.25, 0.3) is 11.3 Å². The van der Waals surface area contributed by atoms with E-state index in [1.807, 2.05) is 12.1 Å². The Bertz CT molecular complexity index is 912. The van der Waals surface area contributed by atoms with E-state index in [9.17, 15) is 9.59 Å². The Morgan fingerprint density at radius 3 is 2.54 bits per heavy atom. The van der Waals surface area contributed by atoms with Crippen LogP contribution in [0.3, 0.4) is 0 Å². The van der Waals surface area contributed by atoms with Crippen LogP contribution in [0.5, 0.6) is 0 Å². The number of benzene rings is 2. The van der Waals surface area contributed by atoms with Crippen molar-refractivity contribution in [2.75, 3.05) is 11.1 Å². The molecule has 0 fully saturated rings. The lowest BCUT2D eigenvalue weighted by atomic mass is 10.1. The first-order chi connectivity index (χ1) is 11.5. The van der Waals surface area contributed by atoms with Crippen molar-refractivity contribution in [2.24, 2.45) is 0 Å². The maximum Gasteiger partial charge on any atom is 0.291 e. The lowest BCUT2D eigenvalue weighted by Crippen LogP contribution is -2.11. The van der Waals surface area contributed by atoms with E-state index < -0.39 is 0 Å². The van der Waals surface area contributed by atoms with Crippen molar-refractivity contribution in [3.05, 3.63) is 72.0 Å². The van der Waals surface area contributed by atoms with Crippen molar-refractivity contribution in [3.8, 4) is 11.3 Å². The minimum Gasteiger partial charge on any atom is -0.451 e. The third-order valence-corrected chi connectivity index (χ3v) is 3.53. The average Bonchev–Trinajstić information content (AvgIpc) is 3.05. The van der Waals surface area contributed by atoms with Crippen molar-refractivity contribution in [3.63, 3.8) is 0 Å². The summed E-state index contributed by atoms with van der Waals surface area (Å²) in [6, 6.07) is 17.3. The highest BCUT2D eigenvalue weighted by Gasteiger charge is 2.13. The predicted molar refractivity (Wildman–Crippen MR) is 93.0 cm³/mol. The second-order valence-electron chi connectivity index (χ2n) is 5.38. The van der Waals surface area contributed by atoms with Gasteiger partial charge in [-0.2, -0.15) is 0 Å². The zero-order valence-corrected chi connectivity index (χ0v) is 13.1. The van der Waals surface area contributed by atoms with Gasteiger partial charge in [-0.15, -0.1) is 0 Å². The Kier molecular flexibility index (Phi) is 4.16. The summed E-state index contributed by atoms with van der Waals surface area (Å²) in [4.78, 5) is 23.7. The van der Waals surface area contributed by atoms with Crippen molar-refractivity contribution in [1.82, 2.24) is 0 Å². The van der Waals surface area contributed by atoms with Crippen LogP contribution in [0, 0.1) is 0 Å². The van der Waals surface area contributed by atoms with Gasteiger partial charge in [-0.05, 0) is 43.3 Å². The Balaban J connectivity index is 1.79. The van der Waals surface area contributed by atoms with Gasteiger partial charge in [0.25, 0.3) is 5.91 Å². The molecular formula is C19H16N2O3. The molecule has 120 valence electrons. The third-order valence-electron chi connectivity index (χ3n) is 3.53. The van der Waals surface area contributed by atoms with Gasteiger partial charge in [0.2, 0.25) is 0 Å². The second-order valence-corrected chi connectivity index (χ2v) is 5.38. The van der Waals surface area contributed by atoms with Gasteiger partial charge >= 0.3 is 0 Å². The van der Waals surface area contributed by atoms with Crippen LogP contribution in [0.2, 0.25) is 0 Å². The number of amides is 1. The Morgan fingerprint density at radius 2 is 1.79 bits per heavy atom. The summed E-state index contributed by atoms with van der Waals surface area (Å²) in [7, 11) is 0. The van der Waals surface area contributed by atoms with Crippen LogP contribution in [-0.2, 0) is 0 Å². The number of carbonyl (C=O) groups is 2. The molecule has 2 aromatic carbocycles. The molecule has 5 heteroatoms. The molecule has 0 aliphatic heterocycles. The number of ketones is 1. The molecule has 5 nitrogen and oxygen atoms in total. The molecule has 0 saturated carbocycles. The van der Waals surface area contributed by atoms with Crippen LogP contribution in [0.4, 0.5) is 11.4 Å². The molecule has 3 N–H and O–H groups in total. The van der Waals surface area contributed by atoms with Crippen LogP contribution in [0.15, 0.2) is 65.1 Å². The summed E-state index contributed by atoms with van der Waals surface area (Å²) in [5, 5.41) is 2.72. The number of nitrogen functional groups attached to an aromatic ring is 1. The number of nitrogens with one attached hydrogen (secondary N) is 1. The summed E-state index contributed by atoms with van der Waals surface area (Å²) < 4.78 is 5.60. The highest BCUT2D eigenvalue weighted by molar-refractivity contribution is 6.03. The maximum atomic E-state index is 12.3. The quantitative estimate of drug-likeness (QED) is 0.562. The molecule has 0 atom stereocenters. The lowest BCUT2D eigenvalue weighted by Gasteiger charge is -2.04. The zero-order chi connectivity index (χ0) is 17.1. The number of hydrogen-bond donors (Lipinski definition) is 2. The van der Waals surface area contributed by atoms with Crippen LogP contribution in [0.1, 0.15) is 27.8 Å². The minimum atomic E-state index is -0.383. The smallest absolute Gasteiger partial charge is 0.291 e. The number of anilines is 2. The SMILES string of the molecule is CC(=O)c1cccc(NC(=O)c2ccc(-c3cccc(N)c3)o2)c1. The summed E-state index contributed by atoms with van der Waals surface area (Å²) >= 11 is 0. The summed E-state index contributed by atoms with van der Waals surface area (Å²) in [6.45, 7) is 1.48. The Morgan fingerprint density at radius 1 is 1.00 bits per heavy atom. The number of rotatable bonds is 4. The molecule has 1 aromatic heterocycles. The molecule has 1 amide bonds. The van der Waals surface area contributed by atoms with Crippen molar-refractivity contribution < 1.29 is 14.0 Å². The standard InChI is InChI=1S/C19H16N2O3/c1-12(22)13-4-3-7-16(11-13)21-19(23)18-9-8-17(24-18)14-5-2-6-15(20)10-14/h2-11H,20H2,1H3,(H,21,23). The van der Waals surface area contributed by atoms with Gasteiger partial charge in [0.1, 0.15) is 5.76 Å². The van der Waals surface area contributed by atoms with Gasteiger partial charge in [-0.1, -0.05) is 24.3 Å². The Labute approximate surface area is 139 Å². The summed E-state index contributed by atoms with van der Waals surface area (Å²) in [6.07, 6.45) is 0. The lowest BCUT2D eigenvalue weighted by molar-refractivity contribution is 0.0992. The third kappa shape index (κ3) is 3.35. The molecule has 0 unspecified atom stereocenters. The molecule has 3 rings (SSSR count). The molecule has 1 heterocycles. The number of hydrogen-bond acceptors (Lipinski definition) is 4. The van der Waals surface area contributed by atoms with Crippen molar-refractivity contribution in [2.45, 2.75) is 6.92 Å². The van der Waals surface area contributed by atoms with Gasteiger partial charge in [-0.25, -0.2) is 0 Å². The molecule has 0 spiro atoms. The maximum absolute atomic E-state index is 12.3. The van der Waals surface area contributed by atoms with E-state index in [4.69, 9.17) is 10.2 Å². The molecular weight excluding hydrogens is 304 g/mol. The fraction of sp³-hybridized carbons (Fsp3) is 0.0526. The van der Waals surface area contributed by atoms with Gasteiger partial charge < -0.3 is 15.5 Å². The fourth-order valence-corrected chi connectivity index (χ4v) is 2.32. The number of carbonyl (C=O) groups excluding carboxylic acids is 2. The fourth-order valence-electron chi connectivity index (χ4n) is 2.32. The van der Waals surface area contributed by atoms with E-state index in [1.165, 1.54) is 6.92 Å². The molecule has 0 saturated heterocycles. The van der Waals surface area contributed by atoms with Crippen molar-refractivity contribution >= 4 is 23.1 Å². The van der Waals surface area contributed by atoms with Crippen molar-refractivity contribution in [1.29, 1.82) is 0 Å². The molecule has 0 aliphatic rings. The van der Waals surface area contributed by atoms with Gasteiger partial charge in [-0.3, -0.25) is 9.59 Å². The minimum absolute atomic E-state index is 0.0620. The summed E-state index contributed by atoms with van der Waals surface area (Å²) in [5.41, 5.74) is 8.25. The van der Waals surface area contributed by atoms with E-state index in [0.29, 0.717) is 22.7 Å². The van der Waals surface area contributed by atoms with E-state index in [2.05, 4.69) is 5.32 Å². The number of Topliss-reactive ketones (excluding diaryl/α,β-unsaturated/α-hetero) is 1. The number of nitrogens with two attached hydrogens (primary N) is 1. The predicted octanol–water partition coefficient (Wildman–Crippen LogP) is 3.98. The average molecular weight is 320 g/mol. The van der Waals surface area contributed by atoms with Gasteiger partial charge in [0.05, 0.1) is 0 Å². The second kappa shape index (κ2) is 6.42. The van der Waals surface area contributed by atoms with Gasteiger partial charge in [0.15, 0.2) is 11.5 Å². The molecule has 24 heavy (non-hydrogen) atoms. The van der Waals surface area contributed by atoms with E-state index in [0.717, 1.165) is 5.56 Å². The number of furan rings is 1. The molecule has 0 bridgehead atoms. The first-order valence-electron chi connectivity index (χ1n) is 7.41. The molecule has 0 aliphatic carbocycles. The highest BCUT2D eigenvalue weighted by Crippen LogP contribution is 2.24. The van der Waals surface area contributed by atoms with E-state index in [-0.39, 0.29) is 17.5 Å². The first-order valence-corrected chi connectivity index (χ1v) is 7.41. The summed E-state index contributed by atoms with van der Waals surface area (Å²) in [5.74, 6) is 0.296. The largest absolute Gasteiger partial charge is 0.451 e. The topological polar surface area (TPSA) is 85.3 Å². The molecule has 0 radical (unpaired) electrons. The monoisotopic (exact) mass is 320 g/mol. The normalized spacial score (nSPS) is 10.4. The van der Waals surface area contributed by atoms with E-state index >= 15 is 0 Å². The Hall–Kier alpha value is -3.34. The molecule has 3 aromatic rings.